The average Bonchev–Trinajstić information content (AvgIpc) is 3.21. The highest BCUT2D eigenvalue weighted by Gasteiger charge is 2.31. The molecule has 1 aliphatic rings. The predicted molar refractivity (Wildman–Crippen MR) is 117 cm³/mol. The molecule has 31 heavy (non-hydrogen) atoms. The predicted octanol–water partition coefficient (Wildman–Crippen LogP) is 3.40. The van der Waals surface area contributed by atoms with Crippen LogP contribution >= 0.6 is 0 Å². The molecule has 0 bridgehead atoms. The van der Waals surface area contributed by atoms with Crippen molar-refractivity contribution in [1.82, 2.24) is 15.2 Å². The lowest BCUT2D eigenvalue weighted by atomic mass is 9.93. The number of anilines is 1. The van der Waals surface area contributed by atoms with Crippen LogP contribution in [0.4, 0.5) is 14.9 Å². The van der Waals surface area contributed by atoms with Gasteiger partial charge in [0.2, 0.25) is 0 Å². The number of para-hydroxylation sites is 1. The minimum absolute atomic E-state index is 0.286. The number of aliphatic carboxylic acids is 1. The molecule has 2 aromatic carbocycles. The van der Waals surface area contributed by atoms with E-state index in [-0.39, 0.29) is 5.82 Å². The van der Waals surface area contributed by atoms with Gasteiger partial charge in [0, 0.05) is 54.9 Å². The van der Waals surface area contributed by atoms with Crippen molar-refractivity contribution in [3.8, 4) is 0 Å². The van der Waals surface area contributed by atoms with E-state index in [4.69, 9.17) is 0 Å². The van der Waals surface area contributed by atoms with Crippen molar-refractivity contribution in [3.63, 3.8) is 0 Å². The molecule has 0 spiro atoms. The molecule has 7 nitrogen and oxygen atoms in total. The second-order valence-electron chi connectivity index (χ2n) is 7.79. The second kappa shape index (κ2) is 8.67. The van der Waals surface area contributed by atoms with Crippen LogP contribution in [0.5, 0.6) is 0 Å². The number of piperazine rings is 1. The number of carbonyl (C=O) groups is 2. The van der Waals surface area contributed by atoms with Gasteiger partial charge in [0.15, 0.2) is 0 Å². The number of aromatic nitrogens is 1. The molecule has 1 aromatic heterocycles. The molecule has 0 radical (unpaired) electrons. The maximum Gasteiger partial charge on any atom is 0.326 e. The number of urea groups is 1. The van der Waals surface area contributed by atoms with Crippen LogP contribution in [0.15, 0.2) is 54.7 Å². The van der Waals surface area contributed by atoms with E-state index in [0.717, 1.165) is 22.2 Å². The molecule has 8 heteroatoms. The van der Waals surface area contributed by atoms with Crippen LogP contribution < -0.4 is 10.2 Å². The maximum atomic E-state index is 13.1. The standard InChI is InChI=1S/C23H25FN4O3/c1-15(19-14-25-20-5-3-2-4-18(19)20)21(22(29)30)26-23(31)28-12-10-27(11-13-28)17-8-6-16(24)7-9-17/h2-9,14-15,21,25H,10-13H2,1H3,(H,26,31)(H,29,30)/t15-,21+/m0/s1. The third kappa shape index (κ3) is 4.33. The van der Waals surface area contributed by atoms with Gasteiger partial charge >= 0.3 is 12.0 Å². The smallest absolute Gasteiger partial charge is 0.326 e. The number of carboxylic acids is 1. The summed E-state index contributed by atoms with van der Waals surface area (Å²) in [7, 11) is 0. The van der Waals surface area contributed by atoms with Crippen LogP contribution in [0.3, 0.4) is 0 Å². The van der Waals surface area contributed by atoms with Gasteiger partial charge in [-0.05, 0) is 35.9 Å². The zero-order chi connectivity index (χ0) is 22.0. The van der Waals surface area contributed by atoms with Gasteiger partial charge in [-0.1, -0.05) is 25.1 Å². The first-order valence-electron chi connectivity index (χ1n) is 10.3. The van der Waals surface area contributed by atoms with Gasteiger partial charge in [-0.3, -0.25) is 0 Å². The van der Waals surface area contributed by atoms with Crippen molar-refractivity contribution in [1.29, 1.82) is 0 Å². The van der Waals surface area contributed by atoms with Crippen LogP contribution in [0, 0.1) is 5.82 Å². The summed E-state index contributed by atoms with van der Waals surface area (Å²) in [5, 5.41) is 13.4. The number of nitrogens with zero attached hydrogens (tertiary/aromatic N) is 2. The fraction of sp³-hybridized carbons (Fsp3) is 0.304. The van der Waals surface area contributed by atoms with Crippen LogP contribution in [0.25, 0.3) is 10.9 Å². The first-order valence-corrected chi connectivity index (χ1v) is 10.3. The Morgan fingerprint density at radius 1 is 1.06 bits per heavy atom. The van der Waals surface area contributed by atoms with Crippen molar-refractivity contribution in [3.05, 3.63) is 66.1 Å². The number of fused-ring (bicyclic) bond motifs is 1. The number of hydrogen-bond acceptors (Lipinski definition) is 3. The van der Waals surface area contributed by atoms with Crippen LogP contribution in [-0.4, -0.2) is 59.2 Å². The minimum Gasteiger partial charge on any atom is -0.480 e. The van der Waals surface area contributed by atoms with E-state index in [0.29, 0.717) is 26.2 Å². The highest BCUT2D eigenvalue weighted by Crippen LogP contribution is 2.28. The molecule has 1 fully saturated rings. The highest BCUT2D eigenvalue weighted by molar-refractivity contribution is 5.87. The summed E-state index contributed by atoms with van der Waals surface area (Å²) in [5.74, 6) is -1.78. The molecule has 0 unspecified atom stereocenters. The summed E-state index contributed by atoms with van der Waals surface area (Å²) in [6, 6.07) is 12.5. The lowest BCUT2D eigenvalue weighted by Gasteiger charge is -2.36. The molecule has 1 saturated heterocycles. The van der Waals surface area contributed by atoms with E-state index in [1.807, 2.05) is 24.3 Å². The van der Waals surface area contributed by atoms with Crippen LogP contribution in [-0.2, 0) is 4.79 Å². The molecule has 2 heterocycles. The first-order chi connectivity index (χ1) is 14.9. The number of carbonyl (C=O) groups excluding carboxylic acids is 1. The van der Waals surface area contributed by atoms with E-state index in [1.165, 1.54) is 12.1 Å². The maximum absolute atomic E-state index is 13.1. The molecule has 3 aromatic rings. The fourth-order valence-corrected chi connectivity index (χ4v) is 4.09. The summed E-state index contributed by atoms with van der Waals surface area (Å²) in [6.45, 7) is 3.90. The number of amides is 2. The molecule has 1 aliphatic heterocycles. The number of halogens is 1. The Morgan fingerprint density at radius 2 is 1.74 bits per heavy atom. The summed E-state index contributed by atoms with van der Waals surface area (Å²) in [4.78, 5) is 31.6. The number of nitrogens with one attached hydrogen (secondary N) is 2. The van der Waals surface area contributed by atoms with E-state index in [9.17, 15) is 19.1 Å². The Balaban J connectivity index is 1.41. The lowest BCUT2D eigenvalue weighted by Crippen LogP contribution is -2.55. The molecule has 2 atom stereocenters. The number of hydrogen-bond donors (Lipinski definition) is 3. The van der Waals surface area contributed by atoms with Crippen LogP contribution in [0.2, 0.25) is 0 Å². The van der Waals surface area contributed by atoms with Gasteiger partial charge in [0.25, 0.3) is 0 Å². The Kier molecular flexibility index (Phi) is 5.79. The first kappa shape index (κ1) is 20.7. The molecule has 0 saturated carbocycles. The number of benzene rings is 2. The van der Waals surface area contributed by atoms with Gasteiger partial charge < -0.3 is 25.2 Å². The number of H-pyrrole nitrogens is 1. The molecule has 2 amide bonds. The van der Waals surface area contributed by atoms with Crippen LogP contribution in [0.1, 0.15) is 18.4 Å². The van der Waals surface area contributed by atoms with E-state index >= 15 is 0 Å². The number of carboxylic acid groups (broad SMARTS) is 1. The van der Waals surface area contributed by atoms with Gasteiger partial charge in [-0.25, -0.2) is 14.0 Å². The van der Waals surface area contributed by atoms with Crippen molar-refractivity contribution in [2.24, 2.45) is 0 Å². The average molecular weight is 424 g/mol. The summed E-state index contributed by atoms with van der Waals surface area (Å²) in [6.07, 6.45) is 1.80. The zero-order valence-corrected chi connectivity index (χ0v) is 17.2. The highest BCUT2D eigenvalue weighted by atomic mass is 19.1. The van der Waals surface area contributed by atoms with Crippen molar-refractivity contribution < 1.29 is 19.1 Å². The molecular formula is C23H25FN4O3. The van der Waals surface area contributed by atoms with Crippen molar-refractivity contribution in [2.75, 3.05) is 31.1 Å². The Labute approximate surface area is 179 Å². The minimum atomic E-state index is -1.07. The Morgan fingerprint density at radius 3 is 2.42 bits per heavy atom. The molecule has 4 rings (SSSR count). The topological polar surface area (TPSA) is 88.7 Å². The molecule has 162 valence electrons. The van der Waals surface area contributed by atoms with Gasteiger partial charge in [-0.15, -0.1) is 0 Å². The van der Waals surface area contributed by atoms with E-state index in [1.54, 1.807) is 30.2 Å². The molecular weight excluding hydrogens is 399 g/mol. The van der Waals surface area contributed by atoms with Gasteiger partial charge in [0.05, 0.1) is 0 Å². The van der Waals surface area contributed by atoms with Crippen molar-refractivity contribution in [2.45, 2.75) is 18.9 Å². The zero-order valence-electron chi connectivity index (χ0n) is 17.2. The molecule has 0 aliphatic carbocycles. The third-order valence-corrected chi connectivity index (χ3v) is 5.92. The van der Waals surface area contributed by atoms with Crippen molar-refractivity contribution >= 4 is 28.6 Å². The Hall–Kier alpha value is -3.55. The quantitative estimate of drug-likeness (QED) is 0.586. The monoisotopic (exact) mass is 424 g/mol. The third-order valence-electron chi connectivity index (χ3n) is 5.92. The SMILES string of the molecule is C[C@@H](c1c[nH]c2ccccc12)[C@@H](NC(=O)N1CCN(c2ccc(F)cc2)CC1)C(=O)O. The fourth-order valence-electron chi connectivity index (χ4n) is 4.09. The normalized spacial score (nSPS) is 16.2. The summed E-state index contributed by atoms with van der Waals surface area (Å²) >= 11 is 0. The number of aromatic amines is 1. The van der Waals surface area contributed by atoms with Gasteiger partial charge in [-0.2, -0.15) is 0 Å². The van der Waals surface area contributed by atoms with E-state index < -0.39 is 24.0 Å². The largest absolute Gasteiger partial charge is 0.480 e. The van der Waals surface area contributed by atoms with E-state index in [2.05, 4.69) is 15.2 Å². The number of rotatable bonds is 5. The van der Waals surface area contributed by atoms with Gasteiger partial charge in [0.1, 0.15) is 11.9 Å². The molecule has 3 N–H and O–H groups in total. The lowest BCUT2D eigenvalue weighted by molar-refractivity contribution is -0.139. The summed E-state index contributed by atoms with van der Waals surface area (Å²) < 4.78 is 13.1. The second-order valence-corrected chi connectivity index (χ2v) is 7.79. The Bertz CT molecular complexity index is 1070. The summed E-state index contributed by atoms with van der Waals surface area (Å²) in [5.41, 5.74) is 2.68.